The van der Waals surface area contributed by atoms with Crippen LogP contribution in [0.4, 0.5) is 0 Å². The molecule has 0 aliphatic carbocycles. The molecule has 0 spiro atoms. The van der Waals surface area contributed by atoms with E-state index < -0.39 is 17.9 Å². The summed E-state index contributed by atoms with van der Waals surface area (Å²) in [5.74, 6) is -2.36. The first kappa shape index (κ1) is 14.5. The van der Waals surface area contributed by atoms with Crippen LogP contribution in [0.2, 0.25) is 0 Å². The van der Waals surface area contributed by atoms with Gasteiger partial charge in [0.2, 0.25) is 0 Å². The van der Waals surface area contributed by atoms with Crippen molar-refractivity contribution < 1.29 is 19.8 Å². The minimum absolute atomic E-state index is 0. The van der Waals surface area contributed by atoms with Crippen LogP contribution >= 0.6 is 0 Å². The third-order valence-corrected chi connectivity index (χ3v) is 1.55. The number of hydrogen-bond acceptors (Lipinski definition) is 2. The summed E-state index contributed by atoms with van der Waals surface area (Å²) in [6.45, 7) is 1.74. The molecule has 1 unspecified atom stereocenters. The van der Waals surface area contributed by atoms with E-state index in [1.54, 1.807) is 6.92 Å². The van der Waals surface area contributed by atoms with Crippen molar-refractivity contribution in [1.82, 2.24) is 0 Å². The van der Waals surface area contributed by atoms with Crippen molar-refractivity contribution >= 4 is 41.5 Å². The second-order valence-electron chi connectivity index (χ2n) is 2.38. The molecule has 1 atom stereocenters. The average molecular weight is 184 g/mol. The van der Waals surface area contributed by atoms with E-state index in [4.69, 9.17) is 10.2 Å². The number of carboxylic acids is 2. The van der Waals surface area contributed by atoms with E-state index in [1.165, 1.54) is 0 Å². The van der Waals surface area contributed by atoms with Gasteiger partial charge in [-0.3, -0.25) is 9.59 Å². The first-order valence-corrected chi connectivity index (χ1v) is 3.52. The van der Waals surface area contributed by atoms with Crippen molar-refractivity contribution in [1.29, 1.82) is 0 Å². The zero-order chi connectivity index (χ0) is 8.85. The van der Waals surface area contributed by atoms with Crippen LogP contribution in [0.5, 0.6) is 0 Å². The quantitative estimate of drug-likeness (QED) is 0.603. The Kier molecular flexibility index (Phi) is 9.14. The summed E-state index contributed by atoms with van der Waals surface area (Å²) in [6.07, 6.45) is 0.647. The summed E-state index contributed by atoms with van der Waals surface area (Å²) >= 11 is 0. The van der Waals surface area contributed by atoms with E-state index in [9.17, 15) is 9.59 Å². The van der Waals surface area contributed by atoms with Crippen LogP contribution in [-0.2, 0) is 9.59 Å². The number of carboxylic acid groups (broad SMARTS) is 2. The summed E-state index contributed by atoms with van der Waals surface area (Å²) in [6, 6.07) is 0. The van der Waals surface area contributed by atoms with Crippen molar-refractivity contribution in [3.8, 4) is 0 Å². The molecule has 0 bridgehead atoms. The fourth-order valence-electron chi connectivity index (χ4n) is 0.800. The summed E-state index contributed by atoms with van der Waals surface area (Å²) in [7, 11) is 0. The zero-order valence-corrected chi connectivity index (χ0v) is 6.41. The van der Waals surface area contributed by atoms with Crippen molar-refractivity contribution in [2.75, 3.05) is 0 Å². The second-order valence-corrected chi connectivity index (χ2v) is 2.38. The molecule has 0 aliphatic rings. The summed E-state index contributed by atoms with van der Waals surface area (Å²) < 4.78 is 0. The standard InChI is InChI=1S/C7H12O4.Na.H/c1-2-5(7(10)11)3-4-6(8)9;;/h5H,2-4H2,1H3,(H,8,9)(H,10,11);;. The van der Waals surface area contributed by atoms with Crippen LogP contribution in [0.25, 0.3) is 0 Å². The number of hydrogen-bond donors (Lipinski definition) is 2. The molecule has 4 nitrogen and oxygen atoms in total. The molecule has 2 N–H and O–H groups in total. The predicted octanol–water partition coefficient (Wildman–Crippen LogP) is 0.313. The molecule has 0 aromatic carbocycles. The topological polar surface area (TPSA) is 74.6 Å². The van der Waals surface area contributed by atoms with Gasteiger partial charge >= 0.3 is 41.5 Å². The van der Waals surface area contributed by atoms with Gasteiger partial charge in [0.25, 0.3) is 0 Å². The van der Waals surface area contributed by atoms with Gasteiger partial charge in [-0.1, -0.05) is 6.92 Å². The van der Waals surface area contributed by atoms with E-state index >= 15 is 0 Å². The van der Waals surface area contributed by atoms with Gasteiger partial charge in [-0.25, -0.2) is 0 Å². The fraction of sp³-hybridized carbons (Fsp3) is 0.714. The van der Waals surface area contributed by atoms with Gasteiger partial charge in [0.15, 0.2) is 0 Å². The summed E-state index contributed by atoms with van der Waals surface area (Å²) in [4.78, 5) is 20.4. The van der Waals surface area contributed by atoms with Gasteiger partial charge in [0.05, 0.1) is 5.92 Å². The van der Waals surface area contributed by atoms with Crippen LogP contribution in [0, 0.1) is 5.92 Å². The molecule has 0 saturated heterocycles. The summed E-state index contributed by atoms with van der Waals surface area (Å²) in [5.41, 5.74) is 0. The maximum atomic E-state index is 10.4. The van der Waals surface area contributed by atoms with E-state index in [0.717, 1.165) is 0 Å². The van der Waals surface area contributed by atoms with Crippen molar-refractivity contribution in [2.45, 2.75) is 26.2 Å². The Labute approximate surface area is 93.3 Å². The molecule has 66 valence electrons. The normalized spacial score (nSPS) is 11.4. The Bertz CT molecular complexity index is 157. The van der Waals surface area contributed by atoms with Crippen LogP contribution in [0.15, 0.2) is 0 Å². The molecule has 0 aromatic heterocycles. The van der Waals surface area contributed by atoms with E-state index in [0.29, 0.717) is 6.42 Å². The molecule has 12 heavy (non-hydrogen) atoms. The summed E-state index contributed by atoms with van der Waals surface area (Å²) in [5, 5.41) is 16.7. The Balaban J connectivity index is 0. The first-order chi connectivity index (χ1) is 5.07. The minimum atomic E-state index is -0.940. The molecule has 0 aromatic rings. The van der Waals surface area contributed by atoms with E-state index in [1.807, 2.05) is 0 Å². The molecule has 0 rings (SSSR count). The average Bonchev–Trinajstić information content (AvgIpc) is 1.87. The van der Waals surface area contributed by atoms with Crippen molar-refractivity contribution in [3.63, 3.8) is 0 Å². The third kappa shape index (κ3) is 6.64. The Morgan fingerprint density at radius 3 is 2.08 bits per heavy atom. The van der Waals surface area contributed by atoms with Gasteiger partial charge in [-0.2, -0.15) is 0 Å². The van der Waals surface area contributed by atoms with Gasteiger partial charge < -0.3 is 10.2 Å². The molecular weight excluding hydrogens is 171 g/mol. The molecule has 0 aliphatic heterocycles. The second kappa shape index (κ2) is 7.58. The Morgan fingerprint density at radius 2 is 1.83 bits per heavy atom. The number of carbonyl (C=O) groups is 2. The van der Waals surface area contributed by atoms with Crippen molar-refractivity contribution in [2.24, 2.45) is 5.92 Å². The molecular formula is C7H13NaO4. The number of rotatable bonds is 5. The zero-order valence-electron chi connectivity index (χ0n) is 6.41. The SMILES string of the molecule is CCC(CCC(=O)O)C(=O)O.[NaH]. The van der Waals surface area contributed by atoms with Crippen LogP contribution in [0.3, 0.4) is 0 Å². The molecule has 0 heterocycles. The van der Waals surface area contributed by atoms with E-state index in [2.05, 4.69) is 0 Å². The molecule has 0 fully saturated rings. The van der Waals surface area contributed by atoms with Crippen LogP contribution < -0.4 is 0 Å². The van der Waals surface area contributed by atoms with Gasteiger partial charge in [0, 0.05) is 6.42 Å². The Morgan fingerprint density at radius 1 is 1.33 bits per heavy atom. The molecule has 0 saturated carbocycles. The molecule has 0 amide bonds. The van der Waals surface area contributed by atoms with Crippen LogP contribution in [-0.4, -0.2) is 51.7 Å². The van der Waals surface area contributed by atoms with Gasteiger partial charge in [-0.15, -0.1) is 0 Å². The monoisotopic (exact) mass is 184 g/mol. The van der Waals surface area contributed by atoms with Crippen molar-refractivity contribution in [3.05, 3.63) is 0 Å². The van der Waals surface area contributed by atoms with Gasteiger partial charge in [0.1, 0.15) is 0 Å². The van der Waals surface area contributed by atoms with Crippen LogP contribution in [0.1, 0.15) is 26.2 Å². The first-order valence-electron chi connectivity index (χ1n) is 3.52. The molecule has 0 radical (unpaired) electrons. The third-order valence-electron chi connectivity index (χ3n) is 1.55. The Hall–Kier alpha value is -0.0600. The van der Waals surface area contributed by atoms with Gasteiger partial charge in [-0.05, 0) is 12.8 Å². The predicted molar refractivity (Wildman–Crippen MR) is 45.4 cm³/mol. The molecule has 5 heteroatoms. The fourth-order valence-corrected chi connectivity index (χ4v) is 0.800. The number of aliphatic carboxylic acids is 2. The maximum absolute atomic E-state index is 10.4. The van der Waals surface area contributed by atoms with E-state index in [-0.39, 0.29) is 42.4 Å².